The molecule has 0 atom stereocenters. The smallest absolute Gasteiger partial charge is 0.279 e. The summed E-state index contributed by atoms with van der Waals surface area (Å²) in [5, 5.41) is 0. The Morgan fingerprint density at radius 3 is 0.480 bits per heavy atom. The average Bonchev–Trinajstić information content (AvgIpc) is 2.08. The van der Waals surface area contributed by atoms with E-state index in [0.29, 0.717) is 0 Å². The predicted molar refractivity (Wildman–Crippen MR) is 52.8 cm³/mol. The van der Waals surface area contributed by atoms with Crippen LogP contribution in [0.4, 0.5) is 39.5 Å². The van der Waals surface area contributed by atoms with Crippen LogP contribution in [0.3, 0.4) is 0 Å². The van der Waals surface area contributed by atoms with Crippen molar-refractivity contribution >= 4 is 30.4 Å². The van der Waals surface area contributed by atoms with Gasteiger partial charge < -0.3 is 0 Å². The molecule has 0 unspecified atom stereocenters. The molecule has 0 rings (SSSR count). The standard InChI is InChI=1S/3CHF3O3S.Ti/c3*2-1(3,4)8(5,6)7;/h3*(H,5,6,7);. The van der Waals surface area contributed by atoms with Gasteiger partial charge in [0.15, 0.2) is 0 Å². The van der Waals surface area contributed by atoms with Crippen molar-refractivity contribution in [3.8, 4) is 0 Å². The minimum Gasteiger partial charge on any atom is -0.279 e. The fraction of sp³-hybridized carbons (Fsp3) is 1.00. The molecule has 0 aromatic carbocycles. The molecule has 0 aromatic rings. The van der Waals surface area contributed by atoms with Crippen molar-refractivity contribution < 1.29 is 100 Å². The van der Waals surface area contributed by atoms with E-state index in [4.69, 9.17) is 38.9 Å². The number of halogens is 9. The van der Waals surface area contributed by atoms with Gasteiger partial charge in [0.1, 0.15) is 0 Å². The van der Waals surface area contributed by atoms with Gasteiger partial charge in [0.25, 0.3) is 0 Å². The average molecular weight is 498 g/mol. The SMILES string of the molecule is O=S(=O)(O)C(F)(F)F.O=S(=O)(O)C(F)(F)F.O=S(=O)(O)C(F)(F)F.[Ti]. The first-order valence-electron chi connectivity index (χ1n) is 3.86. The van der Waals surface area contributed by atoms with Crippen LogP contribution in [0.25, 0.3) is 0 Å². The Bertz CT molecular complexity index is 596. The van der Waals surface area contributed by atoms with Crippen molar-refractivity contribution in [2.45, 2.75) is 16.5 Å². The zero-order valence-electron chi connectivity index (χ0n) is 10.4. The largest absolute Gasteiger partial charge is 0.522 e. The van der Waals surface area contributed by atoms with E-state index in [1.807, 2.05) is 0 Å². The van der Waals surface area contributed by atoms with E-state index in [1.54, 1.807) is 0 Å². The third-order valence-electron chi connectivity index (χ3n) is 0.877. The van der Waals surface area contributed by atoms with Crippen molar-refractivity contribution in [1.82, 2.24) is 0 Å². The van der Waals surface area contributed by atoms with Crippen molar-refractivity contribution in [1.29, 1.82) is 0 Å². The molecule has 0 heterocycles. The van der Waals surface area contributed by atoms with Crippen LogP contribution in [-0.2, 0) is 52.1 Å². The maximum atomic E-state index is 10.7. The van der Waals surface area contributed by atoms with Gasteiger partial charge in [0, 0.05) is 21.7 Å². The second kappa shape index (κ2) is 9.66. The van der Waals surface area contributed by atoms with Gasteiger partial charge in [-0.2, -0.15) is 64.8 Å². The monoisotopic (exact) mass is 498 g/mol. The molecular weight excluding hydrogens is 495 g/mol. The van der Waals surface area contributed by atoms with Crippen molar-refractivity contribution in [2.75, 3.05) is 0 Å². The molecule has 3 N–H and O–H groups in total. The number of alkyl halides is 9. The molecule has 0 saturated carbocycles. The van der Waals surface area contributed by atoms with Gasteiger partial charge in [-0.15, -0.1) is 0 Å². The molecule has 25 heavy (non-hydrogen) atoms. The van der Waals surface area contributed by atoms with Gasteiger partial charge in [-0.05, 0) is 0 Å². The van der Waals surface area contributed by atoms with Crippen LogP contribution >= 0.6 is 0 Å². The minimum atomic E-state index is -5.84. The maximum absolute atomic E-state index is 10.7. The van der Waals surface area contributed by atoms with E-state index in [0.717, 1.165) is 0 Å². The van der Waals surface area contributed by atoms with Crippen LogP contribution in [-0.4, -0.2) is 55.4 Å². The minimum absolute atomic E-state index is 0. The Morgan fingerprint density at radius 2 is 0.480 bits per heavy atom. The van der Waals surface area contributed by atoms with Crippen LogP contribution in [0.5, 0.6) is 0 Å². The van der Waals surface area contributed by atoms with E-state index >= 15 is 0 Å². The molecule has 0 aliphatic carbocycles. The molecule has 0 fully saturated rings. The molecule has 0 aromatic heterocycles. The summed E-state index contributed by atoms with van der Waals surface area (Å²) in [5.74, 6) is 0. The zero-order valence-corrected chi connectivity index (χ0v) is 14.4. The van der Waals surface area contributed by atoms with E-state index in [1.165, 1.54) is 0 Å². The van der Waals surface area contributed by atoms with Crippen molar-refractivity contribution in [3.05, 3.63) is 0 Å². The Morgan fingerprint density at radius 1 is 0.440 bits per heavy atom. The number of hydrogen-bond acceptors (Lipinski definition) is 6. The van der Waals surface area contributed by atoms with Crippen molar-refractivity contribution in [3.63, 3.8) is 0 Å². The second-order valence-electron chi connectivity index (χ2n) is 2.76. The van der Waals surface area contributed by atoms with Gasteiger partial charge in [0.05, 0.1) is 0 Å². The Hall–Kier alpha value is -0.186. The predicted octanol–water partition coefficient (Wildman–Crippen LogP) is 1.18. The molecule has 0 radical (unpaired) electrons. The summed E-state index contributed by atoms with van der Waals surface area (Å²) < 4.78 is 173. The van der Waals surface area contributed by atoms with E-state index in [-0.39, 0.29) is 21.7 Å². The second-order valence-corrected chi connectivity index (χ2v) is 7.00. The van der Waals surface area contributed by atoms with E-state index < -0.39 is 46.9 Å². The molecule has 22 heteroatoms. The molecule has 0 amide bonds. The Labute approximate surface area is 147 Å². The van der Waals surface area contributed by atoms with Crippen LogP contribution in [0.2, 0.25) is 0 Å². The summed E-state index contributed by atoms with van der Waals surface area (Å²) in [5.41, 5.74) is -16.6. The molecule has 0 bridgehead atoms. The van der Waals surface area contributed by atoms with E-state index in [9.17, 15) is 39.5 Å². The molecule has 0 spiro atoms. The quantitative estimate of drug-likeness (QED) is 0.193. The third-order valence-corrected chi connectivity index (χ3v) is 2.63. The Kier molecular flexibility index (Phi) is 12.6. The summed E-state index contributed by atoms with van der Waals surface area (Å²) in [6.07, 6.45) is 0. The molecule has 0 aliphatic rings. The van der Waals surface area contributed by atoms with Gasteiger partial charge in [-0.3, -0.25) is 13.7 Å². The van der Waals surface area contributed by atoms with Gasteiger partial charge in [0.2, 0.25) is 0 Å². The zero-order chi connectivity index (χ0) is 21.0. The third kappa shape index (κ3) is 15.8. The topological polar surface area (TPSA) is 163 Å². The van der Waals surface area contributed by atoms with Gasteiger partial charge >= 0.3 is 46.9 Å². The van der Waals surface area contributed by atoms with Crippen LogP contribution in [0, 0.1) is 0 Å². The van der Waals surface area contributed by atoms with E-state index in [2.05, 4.69) is 0 Å². The molecule has 154 valence electrons. The maximum Gasteiger partial charge on any atom is 0.522 e. The first kappa shape index (κ1) is 32.5. The summed E-state index contributed by atoms with van der Waals surface area (Å²) in [6.45, 7) is 0. The fourth-order valence-corrected chi connectivity index (χ4v) is 0. The summed E-state index contributed by atoms with van der Waals surface area (Å²) in [4.78, 5) is 0. The van der Waals surface area contributed by atoms with Crippen LogP contribution in [0.1, 0.15) is 0 Å². The normalized spacial score (nSPS) is 13.4. The first-order valence-corrected chi connectivity index (χ1v) is 8.18. The summed E-state index contributed by atoms with van der Waals surface area (Å²) >= 11 is 0. The van der Waals surface area contributed by atoms with Gasteiger partial charge in [-0.25, -0.2) is 0 Å². The number of rotatable bonds is 0. The summed E-state index contributed by atoms with van der Waals surface area (Å²) in [6, 6.07) is 0. The molecule has 0 saturated heterocycles. The molecule has 9 nitrogen and oxygen atoms in total. The van der Waals surface area contributed by atoms with Crippen LogP contribution < -0.4 is 0 Å². The summed E-state index contributed by atoms with van der Waals surface area (Å²) in [7, 11) is -17.5. The van der Waals surface area contributed by atoms with Crippen LogP contribution in [0.15, 0.2) is 0 Å². The number of hydrogen-bond donors (Lipinski definition) is 3. The first-order chi connectivity index (χ1) is 9.75. The Balaban J connectivity index is -0.000000130. The van der Waals surface area contributed by atoms with Gasteiger partial charge in [-0.1, -0.05) is 0 Å². The molecule has 0 aliphatic heterocycles. The van der Waals surface area contributed by atoms with Crippen molar-refractivity contribution in [2.24, 2.45) is 0 Å². The fourth-order valence-electron chi connectivity index (χ4n) is 0. The molecular formula is C3H3F9O9S3Ti.